The van der Waals surface area contributed by atoms with E-state index < -0.39 is 11.8 Å². The molecule has 0 radical (unpaired) electrons. The molecule has 2 aliphatic rings. The van der Waals surface area contributed by atoms with Gasteiger partial charge in [-0.05, 0) is 0 Å². The smallest absolute Gasteiger partial charge is 0.252 e. The van der Waals surface area contributed by atoms with Gasteiger partial charge in [-0.3, -0.25) is 4.79 Å². The summed E-state index contributed by atoms with van der Waals surface area (Å²) in [5, 5.41) is 0. The highest BCUT2D eigenvalue weighted by Gasteiger charge is 2.57. The molecular formula is C11H17F2NO. The summed E-state index contributed by atoms with van der Waals surface area (Å²) in [6, 6.07) is 0. The molecule has 2 rings (SSSR count). The molecule has 0 bridgehead atoms. The molecule has 0 aromatic heterocycles. The molecule has 1 saturated carbocycles. The van der Waals surface area contributed by atoms with Gasteiger partial charge in [-0.2, -0.15) is 0 Å². The molecule has 0 N–H and O–H groups in total. The highest BCUT2D eigenvalue weighted by molar-refractivity contribution is 5.83. The predicted molar refractivity (Wildman–Crippen MR) is 52.8 cm³/mol. The SMILES string of the molecule is CC1CN(CC2CC2(F)F)CC(C)C1=O. The summed E-state index contributed by atoms with van der Waals surface area (Å²) in [5.41, 5.74) is 0. The van der Waals surface area contributed by atoms with Gasteiger partial charge >= 0.3 is 0 Å². The number of ketones is 1. The van der Waals surface area contributed by atoms with Crippen molar-refractivity contribution in [2.24, 2.45) is 17.8 Å². The first-order chi connectivity index (χ1) is 6.90. The third-order valence-electron chi connectivity index (χ3n) is 3.47. The summed E-state index contributed by atoms with van der Waals surface area (Å²) in [4.78, 5) is 13.5. The van der Waals surface area contributed by atoms with Crippen LogP contribution in [0.2, 0.25) is 0 Å². The summed E-state index contributed by atoms with van der Waals surface area (Å²) in [6.45, 7) is 5.52. The Balaban J connectivity index is 1.87. The average Bonchev–Trinajstić information content (AvgIpc) is 2.69. The van der Waals surface area contributed by atoms with Crippen molar-refractivity contribution in [2.75, 3.05) is 19.6 Å². The lowest BCUT2D eigenvalue weighted by Crippen LogP contribution is -2.45. The molecule has 3 unspecified atom stereocenters. The van der Waals surface area contributed by atoms with Crippen molar-refractivity contribution in [1.29, 1.82) is 0 Å². The Morgan fingerprint density at radius 1 is 1.33 bits per heavy atom. The van der Waals surface area contributed by atoms with Gasteiger partial charge in [-0.15, -0.1) is 0 Å². The third-order valence-corrected chi connectivity index (χ3v) is 3.47. The summed E-state index contributed by atoms with van der Waals surface area (Å²) in [7, 11) is 0. The fourth-order valence-electron chi connectivity index (χ4n) is 2.44. The van der Waals surface area contributed by atoms with E-state index in [1.807, 2.05) is 18.7 Å². The van der Waals surface area contributed by atoms with Gasteiger partial charge in [-0.25, -0.2) is 8.78 Å². The fourth-order valence-corrected chi connectivity index (χ4v) is 2.44. The van der Waals surface area contributed by atoms with Gasteiger partial charge in [0.25, 0.3) is 5.92 Å². The van der Waals surface area contributed by atoms with Crippen molar-refractivity contribution in [1.82, 2.24) is 4.90 Å². The number of piperidine rings is 1. The molecule has 86 valence electrons. The van der Waals surface area contributed by atoms with E-state index in [9.17, 15) is 13.6 Å². The molecule has 1 saturated heterocycles. The number of rotatable bonds is 2. The van der Waals surface area contributed by atoms with Crippen molar-refractivity contribution < 1.29 is 13.6 Å². The van der Waals surface area contributed by atoms with E-state index in [1.165, 1.54) is 0 Å². The maximum atomic E-state index is 12.7. The van der Waals surface area contributed by atoms with Crippen molar-refractivity contribution >= 4 is 5.78 Å². The monoisotopic (exact) mass is 217 g/mol. The van der Waals surface area contributed by atoms with Crippen LogP contribution >= 0.6 is 0 Å². The second-order valence-electron chi connectivity index (χ2n) is 5.09. The Kier molecular flexibility index (Phi) is 2.57. The molecule has 15 heavy (non-hydrogen) atoms. The topological polar surface area (TPSA) is 20.3 Å². The van der Waals surface area contributed by atoms with E-state index in [2.05, 4.69) is 0 Å². The minimum atomic E-state index is -2.44. The lowest BCUT2D eigenvalue weighted by Gasteiger charge is -2.33. The van der Waals surface area contributed by atoms with E-state index >= 15 is 0 Å². The zero-order valence-corrected chi connectivity index (χ0v) is 9.17. The maximum absolute atomic E-state index is 12.7. The highest BCUT2D eigenvalue weighted by atomic mass is 19.3. The van der Waals surface area contributed by atoms with E-state index in [1.54, 1.807) is 0 Å². The lowest BCUT2D eigenvalue weighted by atomic mass is 9.90. The van der Waals surface area contributed by atoms with E-state index in [0.29, 0.717) is 19.6 Å². The maximum Gasteiger partial charge on any atom is 0.252 e. The number of alkyl halides is 2. The molecule has 1 aliphatic heterocycles. The number of hydrogen-bond acceptors (Lipinski definition) is 2. The van der Waals surface area contributed by atoms with Crippen molar-refractivity contribution in [3.05, 3.63) is 0 Å². The lowest BCUT2D eigenvalue weighted by molar-refractivity contribution is -0.130. The van der Waals surface area contributed by atoms with Crippen LogP contribution in [-0.2, 0) is 4.79 Å². The molecule has 1 heterocycles. The van der Waals surface area contributed by atoms with Crippen LogP contribution in [0, 0.1) is 17.8 Å². The van der Waals surface area contributed by atoms with Crippen molar-refractivity contribution in [3.63, 3.8) is 0 Å². The summed E-state index contributed by atoms with van der Waals surface area (Å²) >= 11 is 0. The van der Waals surface area contributed by atoms with Crippen LogP contribution in [0.5, 0.6) is 0 Å². The number of nitrogens with zero attached hydrogens (tertiary/aromatic N) is 1. The molecule has 0 amide bonds. The number of Topliss-reactive ketones (excluding diaryl/α,β-unsaturated/α-hetero) is 1. The standard InChI is InChI=1S/C11H17F2NO/c1-7-4-14(5-8(2)10(7)15)6-9-3-11(9,12)13/h7-9H,3-6H2,1-2H3. The molecule has 0 aromatic carbocycles. The number of carbonyl (C=O) groups excluding carboxylic acids is 1. The first-order valence-corrected chi connectivity index (χ1v) is 5.54. The van der Waals surface area contributed by atoms with Gasteiger partial charge in [0.1, 0.15) is 5.78 Å². The first-order valence-electron chi connectivity index (χ1n) is 5.54. The van der Waals surface area contributed by atoms with E-state index in [0.717, 1.165) is 0 Å². The van der Waals surface area contributed by atoms with Gasteiger partial charge in [-0.1, -0.05) is 13.8 Å². The molecule has 4 heteroatoms. The zero-order valence-electron chi connectivity index (χ0n) is 9.17. The Morgan fingerprint density at radius 2 is 1.80 bits per heavy atom. The molecule has 2 fully saturated rings. The average molecular weight is 217 g/mol. The minimum Gasteiger partial charge on any atom is -0.301 e. The van der Waals surface area contributed by atoms with Crippen LogP contribution in [0.4, 0.5) is 8.78 Å². The molecule has 0 aromatic rings. The van der Waals surface area contributed by atoms with Crippen LogP contribution < -0.4 is 0 Å². The van der Waals surface area contributed by atoms with Crippen molar-refractivity contribution in [3.8, 4) is 0 Å². The van der Waals surface area contributed by atoms with E-state index in [-0.39, 0.29) is 24.0 Å². The van der Waals surface area contributed by atoms with Gasteiger partial charge in [0.05, 0.1) is 0 Å². The van der Waals surface area contributed by atoms with Gasteiger partial charge in [0.15, 0.2) is 0 Å². The number of likely N-dealkylation sites (tertiary alicyclic amines) is 1. The molecule has 2 nitrogen and oxygen atoms in total. The van der Waals surface area contributed by atoms with Crippen LogP contribution in [0.15, 0.2) is 0 Å². The Hall–Kier alpha value is -0.510. The summed E-state index contributed by atoms with van der Waals surface area (Å²) in [5.74, 6) is -2.63. The van der Waals surface area contributed by atoms with Crippen LogP contribution in [0.3, 0.4) is 0 Å². The second kappa shape index (κ2) is 3.51. The fraction of sp³-hybridized carbons (Fsp3) is 0.909. The number of carbonyl (C=O) groups is 1. The minimum absolute atomic E-state index is 0.00104. The predicted octanol–water partition coefficient (Wildman–Crippen LogP) is 1.80. The quantitative estimate of drug-likeness (QED) is 0.703. The van der Waals surface area contributed by atoms with Gasteiger partial charge in [0.2, 0.25) is 0 Å². The molecule has 3 atom stereocenters. The van der Waals surface area contributed by atoms with Crippen LogP contribution in [0.1, 0.15) is 20.3 Å². The highest BCUT2D eigenvalue weighted by Crippen LogP contribution is 2.49. The molecule has 1 aliphatic carbocycles. The van der Waals surface area contributed by atoms with Gasteiger partial charge < -0.3 is 4.90 Å². The molecular weight excluding hydrogens is 200 g/mol. The third kappa shape index (κ3) is 2.19. The second-order valence-corrected chi connectivity index (χ2v) is 5.09. The van der Waals surface area contributed by atoms with E-state index in [4.69, 9.17) is 0 Å². The Bertz CT molecular complexity index is 266. The normalized spacial score (nSPS) is 40.5. The largest absolute Gasteiger partial charge is 0.301 e. The number of halogens is 2. The summed E-state index contributed by atoms with van der Waals surface area (Å²) < 4.78 is 25.5. The number of hydrogen-bond donors (Lipinski definition) is 0. The van der Waals surface area contributed by atoms with Crippen LogP contribution in [-0.4, -0.2) is 36.2 Å². The summed E-state index contributed by atoms with van der Waals surface area (Å²) in [6.07, 6.45) is 0.0280. The van der Waals surface area contributed by atoms with Gasteiger partial charge in [0, 0.05) is 43.8 Å². The van der Waals surface area contributed by atoms with Crippen LogP contribution in [0.25, 0.3) is 0 Å². The first kappa shape index (κ1) is 11.0. The Morgan fingerprint density at radius 3 is 2.20 bits per heavy atom. The molecule has 0 spiro atoms. The zero-order chi connectivity index (χ0) is 11.2. The Labute approximate surface area is 88.6 Å². The van der Waals surface area contributed by atoms with Crippen molar-refractivity contribution in [2.45, 2.75) is 26.2 Å².